The Kier molecular flexibility index (Phi) is 2.15. The van der Waals surface area contributed by atoms with Gasteiger partial charge in [-0.2, -0.15) is 10.4 Å². The van der Waals surface area contributed by atoms with E-state index in [2.05, 4.69) is 17.0 Å². The third-order valence-corrected chi connectivity index (χ3v) is 2.00. The maximum Gasteiger partial charge on any atom is 0.155 e. The third kappa shape index (κ3) is 1.44. The molecule has 2 aromatic rings. The maximum absolute atomic E-state index is 8.68. The minimum Gasteiger partial charge on any atom is -0.236 e. The number of rotatable bonds is 2. The van der Waals surface area contributed by atoms with Crippen LogP contribution < -0.4 is 0 Å². The van der Waals surface area contributed by atoms with Crippen LogP contribution in [0.5, 0.6) is 0 Å². The largest absolute Gasteiger partial charge is 0.236 e. The lowest BCUT2D eigenvalue weighted by Gasteiger charge is -1.90. The molecular weight excluding hydrogens is 176 g/mol. The molecule has 0 N–H and O–H groups in total. The van der Waals surface area contributed by atoms with Crippen LogP contribution in [0, 0.1) is 11.3 Å². The highest BCUT2D eigenvalue weighted by atomic mass is 15.2. The van der Waals surface area contributed by atoms with Crippen molar-refractivity contribution in [2.75, 3.05) is 0 Å². The topological polar surface area (TPSA) is 54.0 Å². The Labute approximate surface area is 81.8 Å². The predicted molar refractivity (Wildman–Crippen MR) is 51.7 cm³/mol. The van der Waals surface area contributed by atoms with Crippen LogP contribution in [0.2, 0.25) is 0 Å². The number of nitrogens with zero attached hydrogens (tertiary/aromatic N) is 4. The van der Waals surface area contributed by atoms with Gasteiger partial charge < -0.3 is 0 Å². The van der Waals surface area contributed by atoms with Gasteiger partial charge in [0.1, 0.15) is 6.07 Å². The van der Waals surface area contributed by atoms with Gasteiger partial charge in [0.2, 0.25) is 0 Å². The first-order valence-corrected chi connectivity index (χ1v) is 4.58. The first kappa shape index (κ1) is 8.70. The molecule has 2 rings (SSSR count). The summed E-state index contributed by atoms with van der Waals surface area (Å²) in [4.78, 5) is 4.13. The van der Waals surface area contributed by atoms with E-state index in [1.54, 1.807) is 16.9 Å². The molecule has 0 fully saturated rings. The second kappa shape index (κ2) is 3.46. The van der Waals surface area contributed by atoms with Gasteiger partial charge in [0.15, 0.2) is 5.65 Å². The highest BCUT2D eigenvalue weighted by Gasteiger charge is 2.02. The lowest BCUT2D eigenvalue weighted by Crippen LogP contribution is -1.92. The Morgan fingerprint density at radius 2 is 2.43 bits per heavy atom. The zero-order valence-corrected chi connectivity index (χ0v) is 7.94. The summed E-state index contributed by atoms with van der Waals surface area (Å²) < 4.78 is 1.66. The summed E-state index contributed by atoms with van der Waals surface area (Å²) in [5, 5.41) is 13.0. The molecule has 0 radical (unpaired) electrons. The van der Waals surface area contributed by atoms with Crippen molar-refractivity contribution < 1.29 is 0 Å². The minimum absolute atomic E-state index is 0.531. The first-order chi connectivity index (χ1) is 6.83. The highest BCUT2D eigenvalue weighted by molar-refractivity contribution is 5.41. The monoisotopic (exact) mass is 186 g/mol. The molecule has 0 atom stereocenters. The molecule has 0 spiro atoms. The number of nitriles is 1. The van der Waals surface area contributed by atoms with Gasteiger partial charge in [-0.05, 0) is 6.42 Å². The zero-order valence-electron chi connectivity index (χ0n) is 7.94. The van der Waals surface area contributed by atoms with Crippen LogP contribution in [0.4, 0.5) is 0 Å². The van der Waals surface area contributed by atoms with Gasteiger partial charge in [-0.3, -0.25) is 0 Å². The fourth-order valence-electron chi connectivity index (χ4n) is 1.36. The van der Waals surface area contributed by atoms with Crippen molar-refractivity contribution in [1.82, 2.24) is 14.6 Å². The van der Waals surface area contributed by atoms with Gasteiger partial charge in [-0.25, -0.2) is 9.50 Å². The van der Waals surface area contributed by atoms with Crippen LogP contribution in [0.3, 0.4) is 0 Å². The summed E-state index contributed by atoms with van der Waals surface area (Å²) in [6.45, 7) is 2.11. The molecule has 2 heterocycles. The summed E-state index contributed by atoms with van der Waals surface area (Å²) in [5.74, 6) is 0. The molecule has 0 bridgehead atoms. The molecule has 0 saturated heterocycles. The normalized spacial score (nSPS) is 10.3. The van der Waals surface area contributed by atoms with Crippen LogP contribution in [-0.2, 0) is 6.42 Å². The molecule has 14 heavy (non-hydrogen) atoms. The van der Waals surface area contributed by atoms with Gasteiger partial charge in [0.25, 0.3) is 0 Å². The number of aromatic nitrogens is 3. The van der Waals surface area contributed by atoms with Crippen molar-refractivity contribution in [2.45, 2.75) is 19.8 Å². The summed E-state index contributed by atoms with van der Waals surface area (Å²) in [6, 6.07) is 3.99. The quantitative estimate of drug-likeness (QED) is 0.715. The molecule has 4 heteroatoms. The molecule has 0 unspecified atom stereocenters. The Balaban J connectivity index is 2.50. The lowest BCUT2D eigenvalue weighted by molar-refractivity contribution is 0.832. The van der Waals surface area contributed by atoms with E-state index in [-0.39, 0.29) is 0 Å². The predicted octanol–water partition coefficient (Wildman–Crippen LogP) is 1.55. The van der Waals surface area contributed by atoms with Crippen molar-refractivity contribution in [1.29, 1.82) is 5.26 Å². The second-order valence-electron chi connectivity index (χ2n) is 3.14. The SMILES string of the molecule is CCCc1cc2ncc(C#N)cn2n1. The molecular formula is C10H10N4. The van der Waals surface area contributed by atoms with Gasteiger partial charge >= 0.3 is 0 Å². The van der Waals surface area contributed by atoms with E-state index in [1.165, 1.54) is 0 Å². The molecule has 2 aromatic heterocycles. The summed E-state index contributed by atoms with van der Waals surface area (Å²) in [5.41, 5.74) is 2.35. The summed E-state index contributed by atoms with van der Waals surface area (Å²) in [7, 11) is 0. The Morgan fingerprint density at radius 1 is 1.57 bits per heavy atom. The summed E-state index contributed by atoms with van der Waals surface area (Å²) >= 11 is 0. The van der Waals surface area contributed by atoms with E-state index in [0.717, 1.165) is 24.2 Å². The van der Waals surface area contributed by atoms with E-state index >= 15 is 0 Å². The van der Waals surface area contributed by atoms with E-state index in [4.69, 9.17) is 5.26 Å². The Hall–Kier alpha value is -1.89. The highest BCUT2D eigenvalue weighted by Crippen LogP contribution is 2.06. The Morgan fingerprint density at radius 3 is 3.14 bits per heavy atom. The third-order valence-electron chi connectivity index (χ3n) is 2.00. The first-order valence-electron chi connectivity index (χ1n) is 4.58. The molecule has 0 aliphatic rings. The van der Waals surface area contributed by atoms with Crippen LogP contribution in [0.1, 0.15) is 24.6 Å². The average Bonchev–Trinajstić information content (AvgIpc) is 2.59. The van der Waals surface area contributed by atoms with Gasteiger partial charge in [0.05, 0.1) is 17.5 Å². The molecule has 70 valence electrons. The van der Waals surface area contributed by atoms with Crippen LogP contribution >= 0.6 is 0 Å². The van der Waals surface area contributed by atoms with Crippen molar-refractivity contribution >= 4 is 5.65 Å². The van der Waals surface area contributed by atoms with Crippen LogP contribution in [0.15, 0.2) is 18.5 Å². The number of hydrogen-bond acceptors (Lipinski definition) is 3. The van der Waals surface area contributed by atoms with Crippen molar-refractivity contribution in [2.24, 2.45) is 0 Å². The molecule has 0 aliphatic carbocycles. The van der Waals surface area contributed by atoms with E-state index in [9.17, 15) is 0 Å². The van der Waals surface area contributed by atoms with Crippen LogP contribution in [-0.4, -0.2) is 14.6 Å². The molecule has 0 aliphatic heterocycles. The summed E-state index contributed by atoms with van der Waals surface area (Å²) in [6.07, 6.45) is 5.27. The van der Waals surface area contributed by atoms with E-state index in [0.29, 0.717) is 5.56 Å². The van der Waals surface area contributed by atoms with Gasteiger partial charge in [-0.15, -0.1) is 0 Å². The van der Waals surface area contributed by atoms with Crippen molar-refractivity contribution in [3.63, 3.8) is 0 Å². The number of aryl methyl sites for hydroxylation is 1. The average molecular weight is 186 g/mol. The molecule has 0 saturated carbocycles. The molecule has 0 aromatic carbocycles. The minimum atomic E-state index is 0.531. The van der Waals surface area contributed by atoms with Crippen molar-refractivity contribution in [3.05, 3.63) is 29.7 Å². The van der Waals surface area contributed by atoms with Gasteiger partial charge in [0, 0.05) is 12.3 Å². The lowest BCUT2D eigenvalue weighted by atomic mass is 10.2. The smallest absolute Gasteiger partial charge is 0.155 e. The van der Waals surface area contributed by atoms with E-state index in [1.807, 2.05) is 12.1 Å². The molecule has 0 amide bonds. The maximum atomic E-state index is 8.68. The number of hydrogen-bond donors (Lipinski definition) is 0. The molecule has 4 nitrogen and oxygen atoms in total. The van der Waals surface area contributed by atoms with E-state index < -0.39 is 0 Å². The van der Waals surface area contributed by atoms with Crippen LogP contribution in [0.25, 0.3) is 5.65 Å². The van der Waals surface area contributed by atoms with Crippen molar-refractivity contribution in [3.8, 4) is 6.07 Å². The zero-order chi connectivity index (χ0) is 9.97. The fourth-order valence-corrected chi connectivity index (χ4v) is 1.36. The second-order valence-corrected chi connectivity index (χ2v) is 3.14. The standard InChI is InChI=1S/C10H10N4/c1-2-3-9-4-10-12-6-8(5-11)7-14(10)13-9/h4,6-7H,2-3H2,1H3. The number of fused-ring (bicyclic) bond motifs is 1. The fraction of sp³-hybridized carbons (Fsp3) is 0.300. The Bertz CT molecular complexity index is 492. The van der Waals surface area contributed by atoms with Gasteiger partial charge in [-0.1, -0.05) is 13.3 Å².